The Labute approximate surface area is 215 Å². The largest absolute Gasteiger partial charge is 0.455 e. The van der Waals surface area contributed by atoms with Crippen LogP contribution in [0.25, 0.3) is 33.8 Å². The van der Waals surface area contributed by atoms with E-state index in [1.807, 2.05) is 36.9 Å². The van der Waals surface area contributed by atoms with Crippen LogP contribution in [0.1, 0.15) is 48.5 Å². The maximum atomic E-state index is 13.5. The van der Waals surface area contributed by atoms with E-state index in [9.17, 15) is 9.59 Å². The first-order valence-electron chi connectivity index (χ1n) is 11.9. The molecule has 0 radical (unpaired) electrons. The molecule has 1 aliphatic rings. The summed E-state index contributed by atoms with van der Waals surface area (Å²) in [6, 6.07) is 7.30. The molecule has 188 valence electrons. The summed E-state index contributed by atoms with van der Waals surface area (Å²) < 4.78 is 13.0. The van der Waals surface area contributed by atoms with Gasteiger partial charge in [-0.25, -0.2) is 9.78 Å². The molecule has 4 aromatic heterocycles. The van der Waals surface area contributed by atoms with Crippen molar-refractivity contribution in [1.82, 2.24) is 24.9 Å². The molecule has 2 N–H and O–H groups in total. The van der Waals surface area contributed by atoms with E-state index < -0.39 is 5.76 Å². The maximum absolute atomic E-state index is 13.5. The molecule has 4 heterocycles. The Morgan fingerprint density at radius 3 is 2.76 bits per heavy atom. The molecule has 0 unspecified atom stereocenters. The van der Waals surface area contributed by atoms with Crippen LogP contribution in [-0.2, 0) is 0 Å². The summed E-state index contributed by atoms with van der Waals surface area (Å²) in [5, 5.41) is 12.4. The number of H-pyrrole nitrogens is 1. The van der Waals surface area contributed by atoms with E-state index in [4.69, 9.17) is 16.0 Å². The molecule has 0 bridgehead atoms. The number of rotatable bonds is 6. The van der Waals surface area contributed by atoms with Crippen LogP contribution in [0, 0.1) is 13.8 Å². The van der Waals surface area contributed by atoms with E-state index in [1.165, 1.54) is 0 Å². The van der Waals surface area contributed by atoms with Crippen LogP contribution in [0.5, 0.6) is 0 Å². The zero-order chi connectivity index (χ0) is 25.8. The molecule has 1 aromatic carbocycles. The van der Waals surface area contributed by atoms with Gasteiger partial charge in [-0.05, 0) is 57.4 Å². The highest BCUT2D eigenvalue weighted by Gasteiger charge is 2.26. The number of aryl methyl sites for hydroxylation is 1. The zero-order valence-corrected chi connectivity index (χ0v) is 21.1. The molecule has 37 heavy (non-hydrogen) atoms. The van der Waals surface area contributed by atoms with Crippen LogP contribution in [0.3, 0.4) is 0 Å². The minimum Gasteiger partial charge on any atom is -0.455 e. The average molecular weight is 519 g/mol. The molecule has 1 atom stereocenters. The number of fused-ring (bicyclic) bond motifs is 1. The van der Waals surface area contributed by atoms with Crippen molar-refractivity contribution in [2.24, 2.45) is 0 Å². The molecule has 1 aliphatic carbocycles. The quantitative estimate of drug-likeness (QED) is 0.294. The smallest absolute Gasteiger partial charge is 0.439 e. The van der Waals surface area contributed by atoms with Crippen molar-refractivity contribution in [3.63, 3.8) is 0 Å². The van der Waals surface area contributed by atoms with Gasteiger partial charge in [0.25, 0.3) is 0 Å². The van der Waals surface area contributed by atoms with Gasteiger partial charge in [0.1, 0.15) is 22.2 Å². The van der Waals surface area contributed by atoms with E-state index >= 15 is 0 Å². The van der Waals surface area contributed by atoms with Gasteiger partial charge in [0.15, 0.2) is 5.43 Å². The molecule has 1 saturated carbocycles. The van der Waals surface area contributed by atoms with Crippen molar-refractivity contribution in [3.05, 3.63) is 79.3 Å². The van der Waals surface area contributed by atoms with Crippen LogP contribution in [0.4, 0.5) is 5.69 Å². The fourth-order valence-electron chi connectivity index (χ4n) is 4.53. The number of hydrogen-bond donors (Lipinski definition) is 2. The van der Waals surface area contributed by atoms with Crippen molar-refractivity contribution < 1.29 is 8.94 Å². The Kier molecular flexibility index (Phi) is 5.49. The van der Waals surface area contributed by atoms with E-state index in [-0.39, 0.29) is 22.4 Å². The van der Waals surface area contributed by atoms with E-state index in [0.29, 0.717) is 39.7 Å². The number of anilines is 1. The lowest BCUT2D eigenvalue weighted by Crippen LogP contribution is -2.13. The number of pyridine rings is 1. The normalized spacial score (nSPS) is 14.3. The standard InChI is InChI=1S/C26H23ClN6O4/c1-12-8-17(14(3)29-19-6-7-20(27)30-21(19)25-31-26(35)37-32-25)24-18(9-12)22(34)13(2)23(36-24)15-10-28-33(11-15)16-4-5-16/h6-11,14,16,29H,4-5H2,1-3H3,(H,31,32,35)/t14-/m1/s1. The molecule has 11 heteroatoms. The predicted octanol–water partition coefficient (Wildman–Crippen LogP) is 5.17. The molecule has 6 rings (SSSR count). The number of nitrogens with zero attached hydrogens (tertiary/aromatic N) is 4. The summed E-state index contributed by atoms with van der Waals surface area (Å²) in [4.78, 5) is 31.8. The van der Waals surface area contributed by atoms with Crippen LogP contribution >= 0.6 is 11.6 Å². The van der Waals surface area contributed by atoms with Gasteiger partial charge in [-0.2, -0.15) is 5.10 Å². The summed E-state index contributed by atoms with van der Waals surface area (Å²) in [6.07, 6.45) is 5.90. The Morgan fingerprint density at radius 1 is 1.22 bits per heavy atom. The summed E-state index contributed by atoms with van der Waals surface area (Å²) in [6.45, 7) is 5.67. The van der Waals surface area contributed by atoms with Crippen LogP contribution in [0.2, 0.25) is 5.15 Å². The van der Waals surface area contributed by atoms with Crippen molar-refractivity contribution in [2.75, 3.05) is 5.32 Å². The van der Waals surface area contributed by atoms with Gasteiger partial charge in [0, 0.05) is 17.3 Å². The molecular formula is C26H23ClN6O4. The van der Waals surface area contributed by atoms with E-state index in [0.717, 1.165) is 29.5 Å². The predicted molar refractivity (Wildman–Crippen MR) is 139 cm³/mol. The van der Waals surface area contributed by atoms with Crippen LogP contribution < -0.4 is 16.5 Å². The maximum Gasteiger partial charge on any atom is 0.439 e. The Balaban J connectivity index is 1.46. The van der Waals surface area contributed by atoms with Gasteiger partial charge in [-0.1, -0.05) is 22.8 Å². The van der Waals surface area contributed by atoms with Crippen molar-refractivity contribution in [1.29, 1.82) is 0 Å². The van der Waals surface area contributed by atoms with Gasteiger partial charge in [-0.3, -0.25) is 19.0 Å². The Bertz CT molecular complexity index is 1780. The lowest BCUT2D eigenvalue weighted by molar-refractivity contribution is 0.388. The second-order valence-corrected chi connectivity index (χ2v) is 9.78. The number of hydrogen-bond acceptors (Lipinski definition) is 8. The minimum atomic E-state index is -0.699. The third-order valence-electron chi connectivity index (χ3n) is 6.54. The third kappa shape index (κ3) is 4.23. The molecule has 10 nitrogen and oxygen atoms in total. The molecule has 0 amide bonds. The monoisotopic (exact) mass is 518 g/mol. The second-order valence-electron chi connectivity index (χ2n) is 9.40. The summed E-state index contributed by atoms with van der Waals surface area (Å²) in [7, 11) is 0. The topological polar surface area (TPSA) is 132 Å². The van der Waals surface area contributed by atoms with E-state index in [1.54, 1.807) is 25.3 Å². The van der Waals surface area contributed by atoms with Crippen molar-refractivity contribution in [2.45, 2.75) is 45.7 Å². The molecular weight excluding hydrogens is 496 g/mol. The average Bonchev–Trinajstić information content (AvgIpc) is 3.44. The Hall–Kier alpha value is -4.18. The minimum absolute atomic E-state index is 0.0819. The van der Waals surface area contributed by atoms with Gasteiger partial charge < -0.3 is 9.73 Å². The first-order chi connectivity index (χ1) is 17.8. The first kappa shape index (κ1) is 23.2. The Morgan fingerprint density at radius 2 is 2.03 bits per heavy atom. The third-order valence-corrected chi connectivity index (χ3v) is 6.75. The zero-order valence-electron chi connectivity index (χ0n) is 20.3. The number of nitrogens with one attached hydrogen (secondary N) is 2. The SMILES string of the molecule is Cc1cc([C@@H](C)Nc2ccc(Cl)nc2-c2noc(=O)[nH]2)c2oc(-c3cnn(C4CC4)c3)c(C)c(=O)c2c1. The van der Waals surface area contributed by atoms with E-state index in [2.05, 4.69) is 30.1 Å². The summed E-state index contributed by atoms with van der Waals surface area (Å²) in [5.74, 6) is -0.0423. The van der Waals surface area contributed by atoms with Gasteiger partial charge in [0.05, 0.1) is 34.9 Å². The molecule has 5 aromatic rings. The highest BCUT2D eigenvalue weighted by Crippen LogP contribution is 2.37. The molecule has 0 aliphatic heterocycles. The fraction of sp³-hybridized carbons (Fsp3) is 0.269. The molecule has 0 spiro atoms. The lowest BCUT2D eigenvalue weighted by Gasteiger charge is -2.19. The second kappa shape index (κ2) is 8.74. The van der Waals surface area contributed by atoms with Crippen LogP contribution in [0.15, 0.2) is 55.2 Å². The van der Waals surface area contributed by atoms with Gasteiger partial charge >= 0.3 is 5.76 Å². The number of aromatic amines is 1. The van der Waals surface area contributed by atoms with Gasteiger partial charge in [-0.15, -0.1) is 0 Å². The first-order valence-corrected chi connectivity index (χ1v) is 12.3. The summed E-state index contributed by atoms with van der Waals surface area (Å²) >= 11 is 6.11. The highest BCUT2D eigenvalue weighted by atomic mass is 35.5. The van der Waals surface area contributed by atoms with Crippen molar-refractivity contribution in [3.8, 4) is 22.8 Å². The lowest BCUT2D eigenvalue weighted by atomic mass is 9.99. The van der Waals surface area contributed by atoms with Crippen molar-refractivity contribution >= 4 is 28.3 Å². The number of benzene rings is 1. The number of aromatic nitrogens is 5. The number of halogens is 1. The molecule has 1 fully saturated rings. The van der Waals surface area contributed by atoms with Crippen LogP contribution in [-0.4, -0.2) is 24.9 Å². The highest BCUT2D eigenvalue weighted by molar-refractivity contribution is 6.29. The fourth-order valence-corrected chi connectivity index (χ4v) is 4.68. The van der Waals surface area contributed by atoms with Gasteiger partial charge in [0.2, 0.25) is 5.82 Å². The molecule has 0 saturated heterocycles. The summed E-state index contributed by atoms with van der Waals surface area (Å²) in [5.41, 5.74) is 4.33.